The van der Waals surface area contributed by atoms with Crippen LogP contribution >= 0.6 is 0 Å². The van der Waals surface area contributed by atoms with E-state index in [-0.39, 0.29) is 11.8 Å². The third-order valence-electron chi connectivity index (χ3n) is 3.20. The Morgan fingerprint density at radius 1 is 1.44 bits per heavy atom. The third-order valence-corrected chi connectivity index (χ3v) is 3.20. The van der Waals surface area contributed by atoms with Crippen LogP contribution in [0.4, 0.5) is 0 Å². The van der Waals surface area contributed by atoms with Gasteiger partial charge in [-0.2, -0.15) is 0 Å². The van der Waals surface area contributed by atoms with Crippen molar-refractivity contribution in [3.63, 3.8) is 0 Å². The molecule has 0 aliphatic heterocycles. The summed E-state index contributed by atoms with van der Waals surface area (Å²) >= 11 is 0. The van der Waals surface area contributed by atoms with Crippen molar-refractivity contribution >= 4 is 0 Å². The molecule has 82 valence electrons. The molecule has 0 saturated heterocycles. The number of aliphatic hydroxyl groups excluding tert-OH is 1. The maximum absolute atomic E-state index is 9.71. The predicted octanol–water partition coefficient (Wildman–Crippen LogP) is 3.39. The molecular formula is C15H16O. The number of fused-ring (bicyclic) bond motifs is 1. The minimum atomic E-state index is 0.207. The van der Waals surface area contributed by atoms with Gasteiger partial charge in [-0.05, 0) is 18.1 Å². The van der Waals surface area contributed by atoms with Crippen molar-refractivity contribution in [1.82, 2.24) is 0 Å². The Morgan fingerprint density at radius 2 is 2.19 bits per heavy atom. The molecule has 2 atom stereocenters. The molecule has 0 aromatic rings. The average molecular weight is 212 g/mol. The zero-order chi connectivity index (χ0) is 11.7. The Hall–Kier alpha value is -1.68. The molecule has 0 bridgehead atoms. The SMILES string of the molecule is C#CC1=CC=CC2C=C(O)C=C(C(C)C)C12. The van der Waals surface area contributed by atoms with Crippen molar-refractivity contribution in [2.75, 3.05) is 0 Å². The molecule has 0 spiro atoms. The van der Waals surface area contributed by atoms with E-state index >= 15 is 0 Å². The summed E-state index contributed by atoms with van der Waals surface area (Å²) in [5, 5.41) is 9.71. The normalized spacial score (nSPS) is 27.8. The average Bonchev–Trinajstić information content (AvgIpc) is 2.26. The van der Waals surface area contributed by atoms with Gasteiger partial charge in [0.05, 0.1) is 0 Å². The van der Waals surface area contributed by atoms with E-state index in [9.17, 15) is 5.11 Å². The summed E-state index contributed by atoms with van der Waals surface area (Å²) in [5.74, 6) is 3.96. The number of allylic oxidation sites excluding steroid dienone is 7. The Kier molecular flexibility index (Phi) is 2.75. The van der Waals surface area contributed by atoms with Crippen LogP contribution in [0.2, 0.25) is 0 Å². The summed E-state index contributed by atoms with van der Waals surface area (Å²) in [6.07, 6.45) is 15.3. The lowest BCUT2D eigenvalue weighted by molar-refractivity contribution is 0.403. The van der Waals surface area contributed by atoms with Crippen molar-refractivity contribution in [3.8, 4) is 12.3 Å². The molecule has 0 heterocycles. The summed E-state index contributed by atoms with van der Waals surface area (Å²) in [5.41, 5.74) is 2.23. The topological polar surface area (TPSA) is 20.2 Å². The molecule has 0 fully saturated rings. The molecule has 2 rings (SSSR count). The third kappa shape index (κ3) is 1.72. The first-order valence-corrected chi connectivity index (χ1v) is 5.60. The molecule has 1 heteroatoms. The molecular weight excluding hydrogens is 196 g/mol. The van der Waals surface area contributed by atoms with Gasteiger partial charge in [0.2, 0.25) is 0 Å². The monoisotopic (exact) mass is 212 g/mol. The number of rotatable bonds is 1. The van der Waals surface area contributed by atoms with E-state index in [0.29, 0.717) is 11.7 Å². The number of aliphatic hydroxyl groups is 1. The van der Waals surface area contributed by atoms with E-state index in [1.54, 1.807) is 0 Å². The molecule has 1 N–H and O–H groups in total. The maximum atomic E-state index is 9.71. The van der Waals surface area contributed by atoms with Gasteiger partial charge in [0, 0.05) is 17.4 Å². The highest BCUT2D eigenvalue weighted by atomic mass is 16.3. The fourth-order valence-corrected chi connectivity index (χ4v) is 2.43. The van der Waals surface area contributed by atoms with Gasteiger partial charge in [-0.3, -0.25) is 0 Å². The van der Waals surface area contributed by atoms with Crippen molar-refractivity contribution in [3.05, 3.63) is 47.3 Å². The Bertz CT molecular complexity index is 452. The Balaban J connectivity index is 2.46. The summed E-state index contributed by atoms with van der Waals surface area (Å²) in [6, 6.07) is 0. The van der Waals surface area contributed by atoms with Gasteiger partial charge >= 0.3 is 0 Å². The Labute approximate surface area is 96.9 Å². The summed E-state index contributed by atoms with van der Waals surface area (Å²) < 4.78 is 0. The van der Waals surface area contributed by atoms with Crippen molar-refractivity contribution < 1.29 is 5.11 Å². The number of hydrogen-bond acceptors (Lipinski definition) is 1. The lowest BCUT2D eigenvalue weighted by Crippen LogP contribution is -2.23. The molecule has 0 aromatic heterocycles. The number of hydrogen-bond donors (Lipinski definition) is 1. The van der Waals surface area contributed by atoms with Gasteiger partial charge < -0.3 is 5.11 Å². The van der Waals surface area contributed by atoms with Crippen LogP contribution < -0.4 is 0 Å². The maximum Gasteiger partial charge on any atom is 0.112 e. The number of terminal acetylenes is 1. The standard InChI is InChI=1S/C15H16O/c1-4-11-6-5-7-12-8-13(16)9-14(10(2)3)15(11)12/h1,5-10,12,15-16H,2-3H3. The van der Waals surface area contributed by atoms with E-state index in [2.05, 4.69) is 25.8 Å². The van der Waals surface area contributed by atoms with Crippen molar-refractivity contribution in [1.29, 1.82) is 0 Å². The molecule has 2 unspecified atom stereocenters. The second kappa shape index (κ2) is 4.06. The van der Waals surface area contributed by atoms with Crippen molar-refractivity contribution in [2.24, 2.45) is 17.8 Å². The summed E-state index contributed by atoms with van der Waals surface area (Å²) in [6.45, 7) is 4.27. The van der Waals surface area contributed by atoms with Crippen LogP contribution in [0.3, 0.4) is 0 Å². The zero-order valence-electron chi connectivity index (χ0n) is 9.64. The molecule has 2 aliphatic rings. The first kappa shape index (κ1) is 10.8. The predicted molar refractivity (Wildman–Crippen MR) is 66.7 cm³/mol. The quantitative estimate of drug-likeness (QED) is 0.660. The molecule has 0 amide bonds. The lowest BCUT2D eigenvalue weighted by Gasteiger charge is -2.32. The van der Waals surface area contributed by atoms with E-state index in [1.165, 1.54) is 5.57 Å². The van der Waals surface area contributed by atoms with Crippen LogP contribution in [0.1, 0.15) is 13.8 Å². The largest absolute Gasteiger partial charge is 0.508 e. The summed E-state index contributed by atoms with van der Waals surface area (Å²) in [4.78, 5) is 0. The second-order valence-corrected chi connectivity index (χ2v) is 4.60. The minimum Gasteiger partial charge on any atom is -0.508 e. The van der Waals surface area contributed by atoms with Crippen LogP contribution in [0.25, 0.3) is 0 Å². The van der Waals surface area contributed by atoms with Gasteiger partial charge in [-0.15, -0.1) is 6.42 Å². The highest BCUT2D eigenvalue weighted by Crippen LogP contribution is 2.40. The van der Waals surface area contributed by atoms with Crippen molar-refractivity contribution in [2.45, 2.75) is 13.8 Å². The Morgan fingerprint density at radius 3 is 2.81 bits per heavy atom. The highest BCUT2D eigenvalue weighted by molar-refractivity contribution is 5.46. The fraction of sp³-hybridized carbons (Fsp3) is 0.333. The van der Waals surface area contributed by atoms with Crippen LogP contribution in [-0.4, -0.2) is 5.11 Å². The van der Waals surface area contributed by atoms with E-state index in [1.807, 2.05) is 24.3 Å². The molecule has 0 saturated carbocycles. The fourth-order valence-electron chi connectivity index (χ4n) is 2.43. The van der Waals surface area contributed by atoms with Gasteiger partial charge in [0.1, 0.15) is 5.76 Å². The summed E-state index contributed by atoms with van der Waals surface area (Å²) in [7, 11) is 0. The van der Waals surface area contributed by atoms with Crippen LogP contribution in [0.15, 0.2) is 47.3 Å². The molecule has 1 nitrogen and oxygen atoms in total. The first-order chi connectivity index (χ1) is 7.63. The first-order valence-electron chi connectivity index (χ1n) is 5.60. The van der Waals surface area contributed by atoms with Crippen LogP contribution in [-0.2, 0) is 0 Å². The highest BCUT2D eigenvalue weighted by Gasteiger charge is 2.31. The van der Waals surface area contributed by atoms with Gasteiger partial charge in [-0.25, -0.2) is 0 Å². The zero-order valence-corrected chi connectivity index (χ0v) is 9.64. The minimum absolute atomic E-state index is 0.207. The molecule has 0 radical (unpaired) electrons. The van der Waals surface area contributed by atoms with E-state index in [4.69, 9.17) is 6.42 Å². The molecule has 16 heavy (non-hydrogen) atoms. The van der Waals surface area contributed by atoms with Gasteiger partial charge in [-0.1, -0.05) is 43.6 Å². The van der Waals surface area contributed by atoms with Crippen LogP contribution in [0, 0.1) is 30.1 Å². The smallest absolute Gasteiger partial charge is 0.112 e. The molecule has 2 aliphatic carbocycles. The second-order valence-electron chi connectivity index (χ2n) is 4.60. The lowest BCUT2D eigenvalue weighted by atomic mass is 9.71. The van der Waals surface area contributed by atoms with Gasteiger partial charge in [0.25, 0.3) is 0 Å². The van der Waals surface area contributed by atoms with Gasteiger partial charge in [0.15, 0.2) is 0 Å². The van der Waals surface area contributed by atoms with E-state index < -0.39 is 0 Å². The molecule has 0 aromatic carbocycles. The van der Waals surface area contributed by atoms with E-state index in [0.717, 1.165) is 5.57 Å². The van der Waals surface area contributed by atoms with Crippen LogP contribution in [0.5, 0.6) is 0 Å².